The van der Waals surface area contributed by atoms with Crippen molar-refractivity contribution in [3.05, 3.63) is 29.8 Å². The topological polar surface area (TPSA) is 49.4 Å². The Morgan fingerprint density at radius 2 is 2.00 bits per heavy atom. The summed E-state index contributed by atoms with van der Waals surface area (Å²) < 4.78 is 26.2. The molecule has 0 bridgehead atoms. The van der Waals surface area contributed by atoms with Gasteiger partial charge in [0.15, 0.2) is 0 Å². The summed E-state index contributed by atoms with van der Waals surface area (Å²) in [4.78, 5) is 2.25. The first kappa shape index (κ1) is 13.2. The lowest BCUT2D eigenvalue weighted by molar-refractivity contribution is 0.412. The highest BCUT2D eigenvalue weighted by atomic mass is 32.2. The maximum atomic E-state index is 11.8. The minimum atomic E-state index is -3.36. The minimum Gasteiger partial charge on any atom is -0.308 e. The maximum absolute atomic E-state index is 11.8. The molecule has 0 aliphatic carbocycles. The fourth-order valence-electron chi connectivity index (χ4n) is 1.27. The van der Waals surface area contributed by atoms with Gasteiger partial charge in [0, 0.05) is 13.1 Å². The first-order valence-electron chi connectivity index (χ1n) is 5.13. The van der Waals surface area contributed by atoms with Crippen LogP contribution in [0.2, 0.25) is 0 Å². The van der Waals surface area contributed by atoms with Crippen molar-refractivity contribution >= 4 is 10.0 Å². The molecule has 16 heavy (non-hydrogen) atoms. The molecule has 0 heterocycles. The zero-order valence-electron chi connectivity index (χ0n) is 9.90. The molecule has 90 valence electrons. The molecule has 1 aromatic rings. The van der Waals surface area contributed by atoms with E-state index in [2.05, 4.69) is 4.72 Å². The van der Waals surface area contributed by atoms with Gasteiger partial charge in [-0.25, -0.2) is 13.1 Å². The number of sulfonamides is 1. The molecule has 0 aromatic heterocycles. The monoisotopic (exact) mass is 242 g/mol. The number of rotatable bonds is 5. The van der Waals surface area contributed by atoms with E-state index in [4.69, 9.17) is 0 Å². The second-order valence-corrected chi connectivity index (χ2v) is 5.78. The summed E-state index contributed by atoms with van der Waals surface area (Å²) in [6.07, 6.45) is 0. The molecule has 1 rings (SSSR count). The molecule has 1 N–H and O–H groups in total. The third-order valence-corrected chi connectivity index (χ3v) is 3.61. The van der Waals surface area contributed by atoms with E-state index in [9.17, 15) is 8.42 Å². The van der Waals surface area contributed by atoms with Gasteiger partial charge in [-0.2, -0.15) is 0 Å². The van der Waals surface area contributed by atoms with Crippen LogP contribution in [0.15, 0.2) is 29.2 Å². The summed E-state index contributed by atoms with van der Waals surface area (Å²) in [7, 11) is 0.452. The van der Waals surface area contributed by atoms with E-state index in [1.165, 1.54) is 0 Å². The summed E-state index contributed by atoms with van der Waals surface area (Å²) in [5, 5.41) is 0. The predicted octanol–water partition coefficient (Wildman–Crippen LogP) is 0.835. The molecule has 0 saturated carbocycles. The number of hydrogen-bond acceptors (Lipinski definition) is 3. The quantitative estimate of drug-likeness (QED) is 0.832. The molecule has 1 aromatic carbocycles. The van der Waals surface area contributed by atoms with E-state index in [1.807, 2.05) is 32.0 Å². The van der Waals surface area contributed by atoms with Crippen molar-refractivity contribution in [2.24, 2.45) is 0 Å². The van der Waals surface area contributed by atoms with E-state index in [0.717, 1.165) is 5.56 Å². The Balaban J connectivity index is 2.71. The van der Waals surface area contributed by atoms with E-state index in [1.54, 1.807) is 18.2 Å². The van der Waals surface area contributed by atoms with Gasteiger partial charge in [0.05, 0.1) is 4.90 Å². The van der Waals surface area contributed by atoms with Gasteiger partial charge in [-0.05, 0) is 38.7 Å². The highest BCUT2D eigenvalue weighted by Gasteiger charge is 2.12. The molecule has 5 heteroatoms. The van der Waals surface area contributed by atoms with Gasteiger partial charge in [-0.1, -0.05) is 12.1 Å². The second kappa shape index (κ2) is 5.43. The Labute approximate surface area is 97.3 Å². The Morgan fingerprint density at radius 1 is 1.31 bits per heavy atom. The summed E-state index contributed by atoms with van der Waals surface area (Å²) >= 11 is 0. The number of nitrogens with zero attached hydrogens (tertiary/aromatic N) is 1. The summed E-state index contributed by atoms with van der Waals surface area (Å²) in [5.74, 6) is 0. The zero-order valence-corrected chi connectivity index (χ0v) is 10.7. The fourth-order valence-corrected chi connectivity index (χ4v) is 2.39. The van der Waals surface area contributed by atoms with Gasteiger partial charge in [0.2, 0.25) is 10.0 Å². The standard InChI is InChI=1S/C11H18N2O2S/c1-10-5-4-6-11(9-10)16(14,15)12-7-8-13(2)3/h4-6,9,12H,7-8H2,1-3H3. The fraction of sp³-hybridized carbons (Fsp3) is 0.455. The number of aryl methyl sites for hydroxylation is 1. The molecule has 4 nitrogen and oxygen atoms in total. The highest BCUT2D eigenvalue weighted by molar-refractivity contribution is 7.89. The molecule has 0 amide bonds. The molecule has 0 saturated heterocycles. The Hall–Kier alpha value is -0.910. The minimum absolute atomic E-state index is 0.325. The van der Waals surface area contributed by atoms with Crippen LogP contribution in [0.25, 0.3) is 0 Å². The summed E-state index contributed by atoms with van der Waals surface area (Å²) in [5.41, 5.74) is 0.940. The normalized spacial score (nSPS) is 12.0. The van der Waals surface area contributed by atoms with Crippen molar-refractivity contribution in [3.63, 3.8) is 0 Å². The SMILES string of the molecule is Cc1cccc(S(=O)(=O)NCCN(C)C)c1. The van der Waals surface area contributed by atoms with Crippen molar-refractivity contribution in [3.8, 4) is 0 Å². The summed E-state index contributed by atoms with van der Waals surface area (Å²) in [6.45, 7) is 2.98. The van der Waals surface area contributed by atoms with Crippen LogP contribution in [0, 0.1) is 6.92 Å². The molecule has 0 unspecified atom stereocenters. The van der Waals surface area contributed by atoms with Crippen molar-refractivity contribution in [1.82, 2.24) is 9.62 Å². The van der Waals surface area contributed by atoms with Gasteiger partial charge < -0.3 is 4.90 Å². The Kier molecular flexibility index (Phi) is 4.46. The van der Waals surface area contributed by atoms with E-state index in [0.29, 0.717) is 18.0 Å². The van der Waals surface area contributed by atoms with Gasteiger partial charge in [-0.15, -0.1) is 0 Å². The maximum Gasteiger partial charge on any atom is 0.240 e. The predicted molar refractivity (Wildman–Crippen MR) is 64.9 cm³/mol. The van der Waals surface area contributed by atoms with Crippen LogP contribution in [0.1, 0.15) is 5.56 Å². The molecular weight excluding hydrogens is 224 g/mol. The average molecular weight is 242 g/mol. The third kappa shape index (κ3) is 3.92. The van der Waals surface area contributed by atoms with Gasteiger partial charge >= 0.3 is 0 Å². The van der Waals surface area contributed by atoms with Crippen LogP contribution >= 0.6 is 0 Å². The molecular formula is C11H18N2O2S. The van der Waals surface area contributed by atoms with E-state index >= 15 is 0 Å². The first-order valence-corrected chi connectivity index (χ1v) is 6.61. The van der Waals surface area contributed by atoms with Crippen molar-refractivity contribution in [2.75, 3.05) is 27.2 Å². The number of benzene rings is 1. The molecule has 0 aliphatic heterocycles. The van der Waals surface area contributed by atoms with Crippen LogP contribution in [-0.2, 0) is 10.0 Å². The lowest BCUT2D eigenvalue weighted by atomic mass is 10.2. The van der Waals surface area contributed by atoms with Crippen molar-refractivity contribution < 1.29 is 8.42 Å². The highest BCUT2D eigenvalue weighted by Crippen LogP contribution is 2.10. The zero-order chi connectivity index (χ0) is 12.2. The molecule has 0 radical (unpaired) electrons. The number of likely N-dealkylation sites (N-methyl/N-ethyl adjacent to an activating group) is 1. The molecule has 0 fully saturated rings. The lowest BCUT2D eigenvalue weighted by Crippen LogP contribution is -2.31. The average Bonchev–Trinajstić information content (AvgIpc) is 2.16. The molecule has 0 spiro atoms. The Morgan fingerprint density at radius 3 is 2.56 bits per heavy atom. The van der Waals surface area contributed by atoms with E-state index in [-0.39, 0.29) is 0 Å². The molecule has 0 atom stereocenters. The van der Waals surface area contributed by atoms with E-state index < -0.39 is 10.0 Å². The second-order valence-electron chi connectivity index (χ2n) is 4.02. The number of hydrogen-bond donors (Lipinski definition) is 1. The Bertz CT molecular complexity index is 441. The van der Waals surface area contributed by atoms with Crippen LogP contribution in [0.3, 0.4) is 0 Å². The lowest BCUT2D eigenvalue weighted by Gasteiger charge is -2.11. The third-order valence-electron chi connectivity index (χ3n) is 2.15. The van der Waals surface area contributed by atoms with Gasteiger partial charge in [0.1, 0.15) is 0 Å². The van der Waals surface area contributed by atoms with Crippen molar-refractivity contribution in [2.45, 2.75) is 11.8 Å². The largest absolute Gasteiger partial charge is 0.308 e. The van der Waals surface area contributed by atoms with Crippen LogP contribution in [0.4, 0.5) is 0 Å². The van der Waals surface area contributed by atoms with Crippen LogP contribution in [-0.4, -0.2) is 40.5 Å². The van der Waals surface area contributed by atoms with Crippen LogP contribution < -0.4 is 4.72 Å². The first-order chi connectivity index (χ1) is 7.42. The smallest absolute Gasteiger partial charge is 0.240 e. The van der Waals surface area contributed by atoms with Crippen LogP contribution in [0.5, 0.6) is 0 Å². The van der Waals surface area contributed by atoms with Crippen molar-refractivity contribution in [1.29, 1.82) is 0 Å². The van der Waals surface area contributed by atoms with Gasteiger partial charge in [0.25, 0.3) is 0 Å². The van der Waals surface area contributed by atoms with Gasteiger partial charge in [-0.3, -0.25) is 0 Å². The summed E-state index contributed by atoms with van der Waals surface area (Å²) in [6, 6.07) is 6.89. The number of nitrogens with one attached hydrogen (secondary N) is 1. The molecule has 0 aliphatic rings.